The Hall–Kier alpha value is -2.48. The highest BCUT2D eigenvalue weighted by Crippen LogP contribution is 2.17. The highest BCUT2D eigenvalue weighted by Gasteiger charge is 2.18. The van der Waals surface area contributed by atoms with Gasteiger partial charge in [0.2, 0.25) is 0 Å². The number of carbonyl (C=O) groups excluding carboxylic acids is 1. The number of methoxy groups -OCH3 is 1. The number of rotatable bonds is 6. The minimum Gasteiger partial charge on any atom is -0.465 e. The van der Waals surface area contributed by atoms with Crippen LogP contribution in [-0.4, -0.2) is 32.2 Å². The van der Waals surface area contributed by atoms with Crippen LogP contribution in [0, 0.1) is 5.92 Å². The van der Waals surface area contributed by atoms with Crippen LogP contribution >= 0.6 is 11.3 Å². The van der Waals surface area contributed by atoms with Crippen molar-refractivity contribution >= 4 is 28.5 Å². The van der Waals surface area contributed by atoms with Gasteiger partial charge in [0.15, 0.2) is 5.65 Å². The van der Waals surface area contributed by atoms with Gasteiger partial charge in [0, 0.05) is 23.8 Å². The van der Waals surface area contributed by atoms with Gasteiger partial charge in [-0.05, 0) is 18.4 Å². The minimum absolute atomic E-state index is 0.126. The van der Waals surface area contributed by atoms with Crippen molar-refractivity contribution < 1.29 is 9.53 Å². The van der Waals surface area contributed by atoms with Crippen LogP contribution in [0.3, 0.4) is 0 Å². The summed E-state index contributed by atoms with van der Waals surface area (Å²) in [5.41, 5.74) is 3.15. The predicted octanol–water partition coefficient (Wildman–Crippen LogP) is 2.54. The normalized spacial score (nSPS) is 11.4. The van der Waals surface area contributed by atoms with Crippen LogP contribution in [0.25, 0.3) is 11.2 Å². The number of aryl methyl sites for hydroxylation is 1. The number of fused-ring (bicyclic) bond motifs is 1. The first-order valence-electron chi connectivity index (χ1n) is 8.06. The highest BCUT2D eigenvalue weighted by molar-refractivity contribution is 7.09. The summed E-state index contributed by atoms with van der Waals surface area (Å²) in [4.78, 5) is 34.2. The third-order valence-corrected chi connectivity index (χ3v) is 4.77. The molecule has 25 heavy (non-hydrogen) atoms. The number of nitrogens with zero attached hydrogens (tertiary/aromatic N) is 4. The molecule has 132 valence electrons. The lowest BCUT2D eigenvalue weighted by Gasteiger charge is -2.05. The van der Waals surface area contributed by atoms with Crippen LogP contribution in [0.2, 0.25) is 0 Å². The summed E-state index contributed by atoms with van der Waals surface area (Å²) in [6.07, 6.45) is 4.07. The van der Waals surface area contributed by atoms with Crippen molar-refractivity contribution in [1.29, 1.82) is 0 Å². The van der Waals surface area contributed by atoms with Gasteiger partial charge >= 0.3 is 11.7 Å². The molecule has 3 rings (SSSR count). The Labute approximate surface area is 148 Å². The van der Waals surface area contributed by atoms with Gasteiger partial charge in [0.25, 0.3) is 0 Å². The number of hydrogen-bond acceptors (Lipinski definition) is 6. The number of thiazole rings is 1. The fraction of sp³-hybridized carbons (Fsp3) is 0.412. The quantitative estimate of drug-likeness (QED) is 0.631. The van der Waals surface area contributed by atoms with Gasteiger partial charge in [-0.15, -0.1) is 11.3 Å². The Kier molecular flexibility index (Phi) is 4.98. The molecule has 0 radical (unpaired) electrons. The molecule has 3 aromatic heterocycles. The molecular formula is C17H20N4O3S. The van der Waals surface area contributed by atoms with Crippen LogP contribution in [0.1, 0.15) is 35.5 Å². The van der Waals surface area contributed by atoms with Crippen LogP contribution < -0.4 is 5.69 Å². The average Bonchev–Trinajstić information content (AvgIpc) is 3.20. The van der Waals surface area contributed by atoms with Crippen molar-refractivity contribution in [3.8, 4) is 0 Å². The predicted molar refractivity (Wildman–Crippen MR) is 96.0 cm³/mol. The van der Waals surface area contributed by atoms with E-state index in [1.54, 1.807) is 26.9 Å². The zero-order valence-corrected chi connectivity index (χ0v) is 15.2. The Balaban J connectivity index is 2.14. The summed E-state index contributed by atoms with van der Waals surface area (Å²) in [5.74, 6) is 0.00209. The number of imidazole rings is 1. The Morgan fingerprint density at radius 1 is 1.32 bits per heavy atom. The van der Waals surface area contributed by atoms with Gasteiger partial charge in [-0.2, -0.15) is 0 Å². The van der Waals surface area contributed by atoms with Crippen molar-refractivity contribution in [2.24, 2.45) is 5.92 Å². The molecule has 3 heterocycles. The largest absolute Gasteiger partial charge is 0.465 e. The SMILES string of the molecule is COC(=O)c1cnc2c(c1)n(Cc1cncs1)c(=O)n2CCC(C)C. The molecule has 0 amide bonds. The highest BCUT2D eigenvalue weighted by atomic mass is 32.1. The first-order valence-corrected chi connectivity index (χ1v) is 8.94. The van der Waals surface area contributed by atoms with Crippen molar-refractivity contribution in [3.05, 3.63) is 44.9 Å². The van der Waals surface area contributed by atoms with Crippen molar-refractivity contribution in [2.75, 3.05) is 7.11 Å². The Morgan fingerprint density at radius 3 is 2.76 bits per heavy atom. The zero-order chi connectivity index (χ0) is 18.0. The maximum absolute atomic E-state index is 12.9. The molecule has 0 aliphatic heterocycles. The lowest BCUT2D eigenvalue weighted by Crippen LogP contribution is -2.25. The first-order chi connectivity index (χ1) is 12.0. The van der Waals surface area contributed by atoms with Crippen molar-refractivity contribution in [2.45, 2.75) is 33.4 Å². The smallest absolute Gasteiger partial charge is 0.339 e. The van der Waals surface area contributed by atoms with Crippen LogP contribution in [0.4, 0.5) is 0 Å². The summed E-state index contributed by atoms with van der Waals surface area (Å²) in [5, 5.41) is 0. The molecule has 0 aliphatic carbocycles. The molecule has 0 bridgehead atoms. The maximum Gasteiger partial charge on any atom is 0.339 e. The Bertz CT molecular complexity index is 941. The second-order valence-electron chi connectivity index (χ2n) is 6.23. The monoisotopic (exact) mass is 360 g/mol. The third kappa shape index (κ3) is 3.48. The van der Waals surface area contributed by atoms with E-state index in [9.17, 15) is 9.59 Å². The van der Waals surface area contributed by atoms with E-state index in [4.69, 9.17) is 4.74 Å². The number of hydrogen-bond donors (Lipinski definition) is 0. The molecule has 0 atom stereocenters. The second-order valence-corrected chi connectivity index (χ2v) is 7.20. The number of carbonyl (C=O) groups is 1. The fourth-order valence-corrected chi connectivity index (χ4v) is 3.22. The number of esters is 1. The van der Waals surface area contributed by atoms with Gasteiger partial charge in [0.05, 0.1) is 30.2 Å². The number of pyridine rings is 1. The first kappa shape index (κ1) is 17.3. The van der Waals surface area contributed by atoms with E-state index in [1.165, 1.54) is 24.6 Å². The van der Waals surface area contributed by atoms with Crippen LogP contribution in [0.15, 0.2) is 28.8 Å². The van der Waals surface area contributed by atoms with Gasteiger partial charge < -0.3 is 4.74 Å². The van der Waals surface area contributed by atoms with Crippen LogP contribution in [-0.2, 0) is 17.8 Å². The van der Waals surface area contributed by atoms with Gasteiger partial charge in [-0.25, -0.2) is 14.6 Å². The summed E-state index contributed by atoms with van der Waals surface area (Å²) in [6.45, 7) is 5.23. The summed E-state index contributed by atoms with van der Waals surface area (Å²) in [6, 6.07) is 1.67. The molecule has 0 saturated carbocycles. The molecule has 0 aliphatic rings. The molecule has 8 heteroatoms. The van der Waals surface area contributed by atoms with Gasteiger partial charge in [-0.3, -0.25) is 14.1 Å². The van der Waals surface area contributed by atoms with E-state index < -0.39 is 5.97 Å². The second kappa shape index (κ2) is 7.18. The summed E-state index contributed by atoms with van der Waals surface area (Å²) in [7, 11) is 1.32. The van der Waals surface area contributed by atoms with E-state index in [0.29, 0.717) is 35.7 Å². The summed E-state index contributed by atoms with van der Waals surface area (Å²) >= 11 is 1.49. The lowest BCUT2D eigenvalue weighted by molar-refractivity contribution is 0.0600. The fourth-order valence-electron chi connectivity index (χ4n) is 2.64. The topological polar surface area (TPSA) is 79.0 Å². The lowest BCUT2D eigenvalue weighted by atomic mass is 10.1. The minimum atomic E-state index is -0.471. The number of aromatic nitrogens is 4. The zero-order valence-electron chi connectivity index (χ0n) is 14.4. The van der Waals surface area contributed by atoms with E-state index in [-0.39, 0.29) is 5.69 Å². The average molecular weight is 360 g/mol. The maximum atomic E-state index is 12.9. The van der Waals surface area contributed by atoms with Crippen LogP contribution in [0.5, 0.6) is 0 Å². The molecule has 0 saturated heterocycles. The van der Waals surface area contributed by atoms with E-state index in [0.717, 1.165) is 11.3 Å². The standard InChI is InChI=1S/C17H20N4O3S/c1-11(2)4-5-20-15-14(6-12(7-19-15)16(22)24-3)21(17(20)23)9-13-8-18-10-25-13/h6-8,10-11H,4-5,9H2,1-3H3. The van der Waals surface area contributed by atoms with Gasteiger partial charge in [0.1, 0.15) is 0 Å². The van der Waals surface area contributed by atoms with Gasteiger partial charge in [-0.1, -0.05) is 13.8 Å². The molecule has 0 spiro atoms. The molecule has 0 aromatic carbocycles. The molecule has 7 nitrogen and oxygen atoms in total. The number of ether oxygens (including phenoxy) is 1. The molecule has 0 N–H and O–H groups in total. The molecule has 0 fully saturated rings. The third-order valence-electron chi connectivity index (χ3n) is 4.00. The summed E-state index contributed by atoms with van der Waals surface area (Å²) < 4.78 is 8.09. The molecule has 0 unspecified atom stereocenters. The molecule has 3 aromatic rings. The van der Waals surface area contributed by atoms with E-state index in [2.05, 4.69) is 23.8 Å². The molecular weight excluding hydrogens is 340 g/mol. The van der Waals surface area contributed by atoms with Crippen molar-refractivity contribution in [1.82, 2.24) is 19.1 Å². The Morgan fingerprint density at radius 2 is 2.12 bits per heavy atom. The van der Waals surface area contributed by atoms with E-state index in [1.807, 2.05) is 0 Å². The van der Waals surface area contributed by atoms with Crippen molar-refractivity contribution in [3.63, 3.8) is 0 Å². The van der Waals surface area contributed by atoms with E-state index >= 15 is 0 Å².